The van der Waals surface area contributed by atoms with Crippen LogP contribution >= 0.6 is 15.9 Å². The van der Waals surface area contributed by atoms with Gasteiger partial charge in [0.2, 0.25) is 5.91 Å². The minimum Gasteiger partial charge on any atom is -0.345 e. The van der Waals surface area contributed by atoms with Gasteiger partial charge < -0.3 is 14.4 Å². The molecule has 3 rings (SSSR count). The molecule has 1 aromatic heterocycles. The van der Waals surface area contributed by atoms with E-state index < -0.39 is 5.82 Å². The van der Waals surface area contributed by atoms with E-state index in [9.17, 15) is 14.0 Å². The van der Waals surface area contributed by atoms with Crippen molar-refractivity contribution in [3.8, 4) is 0 Å². The minimum atomic E-state index is -0.398. The van der Waals surface area contributed by atoms with Crippen LogP contribution in [0, 0.1) is 5.82 Å². The standard InChI is InChI=1S/C28H33BrFN3O2/c1-4-5-16-32(19-26-7-6-17-31(26)18-22-8-12-24(29)13-9-22)27(34)20-33(21(2)3)28(35)23-10-14-25(30)15-11-23/h6-15,17,21H,4-5,16,18-20H2,1-3H3. The molecule has 0 spiro atoms. The van der Waals surface area contributed by atoms with Crippen molar-refractivity contribution in [2.45, 2.75) is 52.7 Å². The van der Waals surface area contributed by atoms with Crippen molar-refractivity contribution < 1.29 is 14.0 Å². The Hall–Kier alpha value is -2.93. The lowest BCUT2D eigenvalue weighted by Gasteiger charge is -2.30. The first-order chi connectivity index (χ1) is 16.8. The molecule has 1 heterocycles. The predicted molar refractivity (Wildman–Crippen MR) is 141 cm³/mol. The summed E-state index contributed by atoms with van der Waals surface area (Å²) in [6, 6.07) is 17.5. The van der Waals surface area contributed by atoms with Gasteiger partial charge in [-0.15, -0.1) is 0 Å². The van der Waals surface area contributed by atoms with Crippen LogP contribution in [0.5, 0.6) is 0 Å². The van der Waals surface area contributed by atoms with E-state index in [4.69, 9.17) is 0 Å². The van der Waals surface area contributed by atoms with Crippen LogP contribution in [0.4, 0.5) is 4.39 Å². The molecule has 2 aromatic carbocycles. The summed E-state index contributed by atoms with van der Waals surface area (Å²) in [5.41, 5.74) is 2.59. The summed E-state index contributed by atoms with van der Waals surface area (Å²) < 4.78 is 16.5. The van der Waals surface area contributed by atoms with Crippen molar-refractivity contribution in [3.05, 3.63) is 94.0 Å². The maximum absolute atomic E-state index is 13.4. The number of carbonyl (C=O) groups excluding carboxylic acids is 2. The van der Waals surface area contributed by atoms with Gasteiger partial charge in [0.1, 0.15) is 12.4 Å². The molecular formula is C28H33BrFN3O2. The van der Waals surface area contributed by atoms with Crippen molar-refractivity contribution in [2.24, 2.45) is 0 Å². The van der Waals surface area contributed by atoms with Crippen LogP contribution in [-0.4, -0.2) is 45.3 Å². The molecule has 0 saturated carbocycles. The Morgan fingerprint density at radius 1 is 1.03 bits per heavy atom. The fourth-order valence-corrected chi connectivity index (χ4v) is 4.13. The second-order valence-corrected chi connectivity index (χ2v) is 9.87. The number of benzene rings is 2. The van der Waals surface area contributed by atoms with Gasteiger partial charge in [-0.1, -0.05) is 41.4 Å². The fourth-order valence-electron chi connectivity index (χ4n) is 3.86. The molecule has 0 saturated heterocycles. The molecule has 0 aliphatic carbocycles. The van der Waals surface area contributed by atoms with Crippen LogP contribution in [-0.2, 0) is 17.9 Å². The molecule has 2 amide bonds. The average molecular weight is 542 g/mol. The third-order valence-electron chi connectivity index (χ3n) is 5.96. The van der Waals surface area contributed by atoms with Crippen molar-refractivity contribution >= 4 is 27.7 Å². The summed E-state index contributed by atoms with van der Waals surface area (Å²) in [6.07, 6.45) is 3.87. The summed E-state index contributed by atoms with van der Waals surface area (Å²) >= 11 is 3.47. The van der Waals surface area contributed by atoms with E-state index in [0.29, 0.717) is 25.2 Å². The minimum absolute atomic E-state index is 0.0228. The molecule has 186 valence electrons. The Morgan fingerprint density at radius 3 is 2.34 bits per heavy atom. The number of aromatic nitrogens is 1. The Bertz CT molecular complexity index is 1110. The smallest absolute Gasteiger partial charge is 0.254 e. The summed E-state index contributed by atoms with van der Waals surface area (Å²) in [7, 11) is 0. The molecule has 0 aliphatic rings. The highest BCUT2D eigenvalue weighted by atomic mass is 79.9. The highest BCUT2D eigenvalue weighted by Gasteiger charge is 2.25. The van der Waals surface area contributed by atoms with Crippen LogP contribution in [0.2, 0.25) is 0 Å². The number of hydrogen-bond donors (Lipinski definition) is 0. The molecule has 3 aromatic rings. The molecule has 0 aliphatic heterocycles. The lowest BCUT2D eigenvalue weighted by Crippen LogP contribution is -2.46. The second-order valence-electron chi connectivity index (χ2n) is 8.96. The van der Waals surface area contributed by atoms with Crippen molar-refractivity contribution in [1.82, 2.24) is 14.4 Å². The summed E-state index contributed by atoms with van der Waals surface area (Å²) in [5, 5.41) is 0. The monoisotopic (exact) mass is 541 g/mol. The van der Waals surface area contributed by atoms with Gasteiger partial charge in [0, 0.05) is 41.1 Å². The molecule has 7 heteroatoms. The van der Waals surface area contributed by atoms with Crippen molar-refractivity contribution in [1.29, 1.82) is 0 Å². The first-order valence-electron chi connectivity index (χ1n) is 12.0. The number of halogens is 2. The lowest BCUT2D eigenvalue weighted by molar-refractivity contribution is -0.133. The van der Waals surface area contributed by atoms with Crippen LogP contribution in [0.15, 0.2) is 71.3 Å². The summed E-state index contributed by atoms with van der Waals surface area (Å²) in [6.45, 7) is 7.65. The average Bonchev–Trinajstić information content (AvgIpc) is 3.27. The number of hydrogen-bond acceptors (Lipinski definition) is 2. The molecule has 0 bridgehead atoms. The van der Waals surface area contributed by atoms with Crippen LogP contribution in [0.3, 0.4) is 0 Å². The van der Waals surface area contributed by atoms with E-state index in [-0.39, 0.29) is 24.4 Å². The number of amides is 2. The zero-order chi connectivity index (χ0) is 25.4. The largest absolute Gasteiger partial charge is 0.345 e. The zero-order valence-electron chi connectivity index (χ0n) is 20.6. The first kappa shape index (κ1) is 26.7. The van der Waals surface area contributed by atoms with Gasteiger partial charge in [0.25, 0.3) is 5.91 Å². The molecule has 0 unspecified atom stereocenters. The van der Waals surface area contributed by atoms with Crippen molar-refractivity contribution in [2.75, 3.05) is 13.1 Å². The molecular weight excluding hydrogens is 509 g/mol. The quantitative estimate of drug-likeness (QED) is 0.293. The van der Waals surface area contributed by atoms with Crippen LogP contribution in [0.25, 0.3) is 0 Å². The molecule has 5 nitrogen and oxygen atoms in total. The van der Waals surface area contributed by atoms with Gasteiger partial charge in [-0.05, 0) is 74.4 Å². The topological polar surface area (TPSA) is 45.6 Å². The fraction of sp³-hybridized carbons (Fsp3) is 0.357. The zero-order valence-corrected chi connectivity index (χ0v) is 22.2. The number of nitrogens with zero attached hydrogens (tertiary/aromatic N) is 3. The third-order valence-corrected chi connectivity index (χ3v) is 6.49. The maximum atomic E-state index is 13.4. The highest BCUT2D eigenvalue weighted by molar-refractivity contribution is 9.10. The Labute approximate surface area is 215 Å². The van der Waals surface area contributed by atoms with E-state index in [1.165, 1.54) is 29.8 Å². The van der Waals surface area contributed by atoms with E-state index in [1.807, 2.05) is 49.2 Å². The molecule has 0 atom stereocenters. The highest BCUT2D eigenvalue weighted by Crippen LogP contribution is 2.16. The predicted octanol–water partition coefficient (Wildman–Crippen LogP) is 6.12. The normalized spacial score (nSPS) is 11.0. The van der Waals surface area contributed by atoms with Gasteiger partial charge in [-0.3, -0.25) is 9.59 Å². The van der Waals surface area contributed by atoms with E-state index in [2.05, 4.69) is 39.6 Å². The Balaban J connectivity index is 1.75. The molecule has 35 heavy (non-hydrogen) atoms. The third kappa shape index (κ3) is 7.52. The lowest BCUT2D eigenvalue weighted by atomic mass is 10.1. The van der Waals surface area contributed by atoms with Crippen LogP contribution in [0.1, 0.15) is 55.2 Å². The molecule has 0 N–H and O–H groups in total. The number of unbranched alkanes of at least 4 members (excludes halogenated alkanes) is 1. The maximum Gasteiger partial charge on any atom is 0.254 e. The second kappa shape index (κ2) is 12.7. The first-order valence-corrected chi connectivity index (χ1v) is 12.8. The Morgan fingerprint density at radius 2 is 1.71 bits per heavy atom. The van der Waals surface area contributed by atoms with Gasteiger partial charge in [0.05, 0.1) is 6.54 Å². The van der Waals surface area contributed by atoms with Crippen LogP contribution < -0.4 is 0 Å². The van der Waals surface area contributed by atoms with Gasteiger partial charge in [0.15, 0.2) is 0 Å². The van der Waals surface area contributed by atoms with E-state index in [1.54, 1.807) is 4.90 Å². The Kier molecular flexibility index (Phi) is 9.66. The van der Waals surface area contributed by atoms with Crippen molar-refractivity contribution in [3.63, 3.8) is 0 Å². The van der Waals surface area contributed by atoms with E-state index in [0.717, 1.165) is 23.0 Å². The van der Waals surface area contributed by atoms with Gasteiger partial charge >= 0.3 is 0 Å². The molecule has 0 fully saturated rings. The summed E-state index contributed by atoms with van der Waals surface area (Å²) in [4.78, 5) is 29.9. The van der Waals surface area contributed by atoms with Gasteiger partial charge in [-0.25, -0.2) is 4.39 Å². The SMILES string of the molecule is CCCCN(Cc1cccn1Cc1ccc(Br)cc1)C(=O)CN(C(=O)c1ccc(F)cc1)C(C)C. The summed E-state index contributed by atoms with van der Waals surface area (Å²) in [5.74, 6) is -0.771. The van der Waals surface area contributed by atoms with E-state index >= 15 is 0 Å². The van der Waals surface area contributed by atoms with Gasteiger partial charge in [-0.2, -0.15) is 0 Å². The number of rotatable bonds is 11. The number of carbonyl (C=O) groups is 2. The molecule has 0 radical (unpaired) electrons.